The number of ether oxygens (including phenoxy) is 1. The zero-order valence-corrected chi connectivity index (χ0v) is 10.8. The fourth-order valence-corrected chi connectivity index (χ4v) is 5.30. The topological polar surface area (TPSA) is 36.9 Å². The SMILES string of the molecule is CO[Si](CSC1CCCO1)(OC)OC. The molecule has 0 aromatic carbocycles. The van der Waals surface area contributed by atoms with Crippen molar-refractivity contribution in [3.05, 3.63) is 0 Å². The van der Waals surface area contributed by atoms with Crippen LogP contribution in [0, 0.1) is 0 Å². The first-order valence-electron chi connectivity index (χ1n) is 4.65. The van der Waals surface area contributed by atoms with E-state index in [1.165, 1.54) is 0 Å². The summed E-state index contributed by atoms with van der Waals surface area (Å²) in [6.07, 6.45) is 2.27. The molecule has 6 heteroatoms. The van der Waals surface area contributed by atoms with E-state index in [-0.39, 0.29) is 0 Å². The van der Waals surface area contributed by atoms with E-state index in [1.54, 1.807) is 33.1 Å². The highest BCUT2D eigenvalue weighted by atomic mass is 32.2. The number of hydrogen-bond donors (Lipinski definition) is 0. The molecule has 84 valence electrons. The smallest absolute Gasteiger partial charge is 0.376 e. The lowest BCUT2D eigenvalue weighted by atomic mass is 10.4. The maximum absolute atomic E-state index is 5.50. The molecule has 0 radical (unpaired) electrons. The third-order valence-corrected chi connectivity index (χ3v) is 6.96. The second kappa shape index (κ2) is 6.09. The Bertz CT molecular complexity index is 151. The van der Waals surface area contributed by atoms with Crippen LogP contribution in [0.25, 0.3) is 0 Å². The first-order valence-corrected chi connectivity index (χ1v) is 7.63. The minimum atomic E-state index is -2.40. The van der Waals surface area contributed by atoms with Crippen LogP contribution in [0.1, 0.15) is 12.8 Å². The molecule has 0 amide bonds. The van der Waals surface area contributed by atoms with Crippen LogP contribution in [0.15, 0.2) is 0 Å². The highest BCUT2D eigenvalue weighted by Crippen LogP contribution is 2.26. The van der Waals surface area contributed by atoms with Crippen molar-refractivity contribution in [2.24, 2.45) is 0 Å². The van der Waals surface area contributed by atoms with Crippen LogP contribution in [0.4, 0.5) is 0 Å². The Kier molecular flexibility index (Phi) is 5.43. The minimum Gasteiger partial charge on any atom is -0.376 e. The van der Waals surface area contributed by atoms with Crippen LogP contribution in [0.5, 0.6) is 0 Å². The monoisotopic (exact) mass is 238 g/mol. The molecule has 1 rings (SSSR count). The maximum Gasteiger partial charge on any atom is 0.510 e. The van der Waals surface area contributed by atoms with Gasteiger partial charge in [0.2, 0.25) is 0 Å². The van der Waals surface area contributed by atoms with Gasteiger partial charge >= 0.3 is 8.80 Å². The van der Waals surface area contributed by atoms with Gasteiger partial charge in [-0.05, 0) is 12.8 Å². The minimum absolute atomic E-state index is 0.294. The van der Waals surface area contributed by atoms with Crippen LogP contribution in [0.2, 0.25) is 0 Å². The lowest BCUT2D eigenvalue weighted by molar-refractivity contribution is 0.130. The predicted octanol–water partition coefficient (Wildman–Crippen LogP) is 1.27. The molecule has 0 bridgehead atoms. The van der Waals surface area contributed by atoms with Gasteiger partial charge in [-0.1, -0.05) is 0 Å². The highest BCUT2D eigenvalue weighted by molar-refractivity contribution is 8.01. The van der Waals surface area contributed by atoms with E-state index in [9.17, 15) is 0 Å². The molecule has 0 saturated carbocycles. The first-order chi connectivity index (χ1) is 6.76. The number of hydrogen-bond acceptors (Lipinski definition) is 5. The Hall–Kier alpha value is 0.407. The standard InChI is InChI=1S/C8H18O4SSi/c1-9-14(10-2,11-3)7-13-8-5-4-6-12-8/h8H,4-7H2,1-3H3. The van der Waals surface area contributed by atoms with E-state index in [0.29, 0.717) is 5.44 Å². The highest BCUT2D eigenvalue weighted by Gasteiger charge is 2.39. The summed E-state index contributed by atoms with van der Waals surface area (Å²) in [5, 5.41) is 0.751. The molecule has 1 fully saturated rings. The van der Waals surface area contributed by atoms with Gasteiger partial charge in [0.05, 0.1) is 5.38 Å². The molecule has 1 aliphatic heterocycles. The van der Waals surface area contributed by atoms with Gasteiger partial charge in [0.15, 0.2) is 0 Å². The van der Waals surface area contributed by atoms with Crippen molar-refractivity contribution in [1.82, 2.24) is 0 Å². The predicted molar refractivity (Wildman–Crippen MR) is 58.2 cm³/mol. The number of rotatable bonds is 6. The second-order valence-corrected chi connectivity index (χ2v) is 7.65. The molecule has 1 heterocycles. The van der Waals surface area contributed by atoms with Gasteiger partial charge in [-0.3, -0.25) is 0 Å². The Morgan fingerprint density at radius 3 is 2.36 bits per heavy atom. The lowest BCUT2D eigenvalue weighted by Crippen LogP contribution is -2.46. The van der Waals surface area contributed by atoms with E-state index in [2.05, 4.69) is 0 Å². The van der Waals surface area contributed by atoms with E-state index in [0.717, 1.165) is 24.8 Å². The zero-order valence-electron chi connectivity index (χ0n) is 8.95. The molecule has 0 aromatic rings. The molecule has 0 aliphatic carbocycles. The van der Waals surface area contributed by atoms with Gasteiger partial charge in [0, 0.05) is 27.9 Å². The van der Waals surface area contributed by atoms with E-state index < -0.39 is 8.80 Å². The first kappa shape index (κ1) is 12.5. The van der Waals surface area contributed by atoms with Gasteiger partial charge in [0.1, 0.15) is 5.44 Å². The Morgan fingerprint density at radius 1 is 1.29 bits per heavy atom. The fourth-order valence-electron chi connectivity index (χ4n) is 1.30. The van der Waals surface area contributed by atoms with Crippen molar-refractivity contribution in [3.8, 4) is 0 Å². The summed E-state index contributed by atoms with van der Waals surface area (Å²) in [5.74, 6) is 0. The molecule has 0 spiro atoms. The van der Waals surface area contributed by atoms with Crippen LogP contribution in [0.3, 0.4) is 0 Å². The number of thioether (sulfide) groups is 1. The molecule has 1 atom stereocenters. The molecule has 1 unspecified atom stereocenters. The Morgan fingerprint density at radius 2 is 1.93 bits per heavy atom. The third kappa shape index (κ3) is 3.22. The molecule has 4 nitrogen and oxygen atoms in total. The fraction of sp³-hybridized carbons (Fsp3) is 1.00. The quantitative estimate of drug-likeness (QED) is 0.652. The largest absolute Gasteiger partial charge is 0.510 e. The molecule has 1 saturated heterocycles. The summed E-state index contributed by atoms with van der Waals surface area (Å²) in [5.41, 5.74) is 0.294. The summed E-state index contributed by atoms with van der Waals surface area (Å²) in [7, 11) is 2.50. The molecular weight excluding hydrogens is 220 g/mol. The summed E-state index contributed by atoms with van der Waals surface area (Å²) >= 11 is 1.73. The van der Waals surface area contributed by atoms with Crippen LogP contribution < -0.4 is 0 Å². The molecule has 0 N–H and O–H groups in total. The molecule has 1 aliphatic rings. The van der Waals surface area contributed by atoms with E-state index in [4.69, 9.17) is 18.0 Å². The molecule has 14 heavy (non-hydrogen) atoms. The maximum atomic E-state index is 5.50. The van der Waals surface area contributed by atoms with Gasteiger partial charge in [-0.2, -0.15) is 0 Å². The van der Waals surface area contributed by atoms with Gasteiger partial charge in [-0.15, -0.1) is 11.8 Å². The van der Waals surface area contributed by atoms with Gasteiger partial charge in [-0.25, -0.2) is 0 Å². The average Bonchev–Trinajstić information content (AvgIpc) is 2.74. The van der Waals surface area contributed by atoms with E-state index in [1.807, 2.05) is 0 Å². The van der Waals surface area contributed by atoms with Gasteiger partial charge < -0.3 is 18.0 Å². The summed E-state index contributed by atoms with van der Waals surface area (Å²) in [6.45, 7) is 0.874. The summed E-state index contributed by atoms with van der Waals surface area (Å²) in [4.78, 5) is 0. The molecule has 0 aromatic heterocycles. The van der Waals surface area contributed by atoms with Crippen molar-refractivity contribution in [1.29, 1.82) is 0 Å². The van der Waals surface area contributed by atoms with Crippen molar-refractivity contribution in [3.63, 3.8) is 0 Å². The van der Waals surface area contributed by atoms with Crippen molar-refractivity contribution < 1.29 is 18.0 Å². The van der Waals surface area contributed by atoms with Crippen molar-refractivity contribution in [2.75, 3.05) is 33.3 Å². The molecular formula is C8H18O4SSi. The van der Waals surface area contributed by atoms with Crippen LogP contribution in [-0.2, 0) is 18.0 Å². The third-order valence-electron chi connectivity index (χ3n) is 2.27. The normalized spacial score (nSPS) is 22.9. The van der Waals surface area contributed by atoms with Crippen molar-refractivity contribution in [2.45, 2.75) is 18.3 Å². The average molecular weight is 238 g/mol. The summed E-state index contributed by atoms with van der Waals surface area (Å²) < 4.78 is 21.4. The van der Waals surface area contributed by atoms with E-state index >= 15 is 0 Å². The van der Waals surface area contributed by atoms with Crippen LogP contribution in [-0.4, -0.2) is 47.6 Å². The van der Waals surface area contributed by atoms with Crippen LogP contribution >= 0.6 is 11.8 Å². The zero-order chi connectivity index (χ0) is 10.4. The lowest BCUT2D eigenvalue weighted by Gasteiger charge is -2.24. The van der Waals surface area contributed by atoms with Crippen molar-refractivity contribution >= 4 is 20.6 Å². The summed E-state index contributed by atoms with van der Waals surface area (Å²) in [6, 6.07) is 0. The second-order valence-electron chi connectivity index (χ2n) is 3.05. The Balaban J connectivity index is 2.31. The Labute approximate surface area is 90.6 Å². The van der Waals surface area contributed by atoms with Gasteiger partial charge in [0.25, 0.3) is 0 Å².